The second kappa shape index (κ2) is 5.27. The van der Waals surface area contributed by atoms with Crippen LogP contribution in [-0.4, -0.2) is 27.2 Å². The fourth-order valence-corrected chi connectivity index (χ4v) is 1.54. The van der Waals surface area contributed by atoms with Crippen LogP contribution in [0.2, 0.25) is 0 Å². The second-order valence-corrected chi connectivity index (χ2v) is 3.85. The number of esters is 1. The van der Waals surface area contributed by atoms with Gasteiger partial charge in [-0.05, 0) is 12.1 Å². The number of aromatic amines is 1. The molecule has 0 aliphatic carbocycles. The summed E-state index contributed by atoms with van der Waals surface area (Å²) in [6.45, 7) is 0. The second-order valence-electron chi connectivity index (χ2n) is 3.85. The number of halogens is 3. The zero-order valence-corrected chi connectivity index (χ0v) is 10.1. The molecule has 110 valence electrons. The predicted molar refractivity (Wildman–Crippen MR) is 61.9 cm³/mol. The molecule has 0 atom stereocenters. The minimum Gasteiger partial charge on any atom is -0.478 e. The van der Waals surface area contributed by atoms with Crippen molar-refractivity contribution < 1.29 is 32.6 Å². The van der Waals surface area contributed by atoms with Gasteiger partial charge in [0.05, 0.1) is 11.8 Å². The summed E-state index contributed by atoms with van der Waals surface area (Å²) in [5.41, 5.74) is -2.18. The smallest absolute Gasteiger partial charge is 0.419 e. The van der Waals surface area contributed by atoms with E-state index in [4.69, 9.17) is 5.11 Å². The van der Waals surface area contributed by atoms with Crippen molar-refractivity contribution in [2.75, 3.05) is 0 Å². The summed E-state index contributed by atoms with van der Waals surface area (Å²) in [6, 6.07) is 4.09. The summed E-state index contributed by atoms with van der Waals surface area (Å²) in [6.07, 6.45) is -3.85. The highest BCUT2D eigenvalue weighted by Gasteiger charge is 2.35. The Morgan fingerprint density at radius 3 is 2.52 bits per heavy atom. The number of aromatic nitrogens is 2. The molecule has 0 radical (unpaired) electrons. The van der Waals surface area contributed by atoms with Crippen LogP contribution in [0.1, 0.15) is 26.4 Å². The molecule has 1 heterocycles. The number of benzene rings is 1. The molecule has 0 unspecified atom stereocenters. The number of hydrogen-bond donors (Lipinski definition) is 2. The highest BCUT2D eigenvalue weighted by molar-refractivity contribution is 6.01. The van der Waals surface area contributed by atoms with Crippen molar-refractivity contribution >= 4 is 11.9 Å². The van der Waals surface area contributed by atoms with Crippen molar-refractivity contribution in [3.05, 3.63) is 47.3 Å². The minimum absolute atomic E-state index is 0.496. The summed E-state index contributed by atoms with van der Waals surface area (Å²) in [5, 5.41) is 14.2. The van der Waals surface area contributed by atoms with Crippen molar-refractivity contribution in [1.29, 1.82) is 0 Å². The maximum absolute atomic E-state index is 12.7. The van der Waals surface area contributed by atoms with Gasteiger partial charge in [0.1, 0.15) is 11.3 Å². The Morgan fingerprint density at radius 2 is 1.90 bits per heavy atom. The van der Waals surface area contributed by atoms with Crippen LogP contribution in [0.15, 0.2) is 30.5 Å². The van der Waals surface area contributed by atoms with E-state index in [1.807, 2.05) is 0 Å². The molecule has 21 heavy (non-hydrogen) atoms. The van der Waals surface area contributed by atoms with Gasteiger partial charge in [-0.15, -0.1) is 0 Å². The molecule has 2 aromatic rings. The first kappa shape index (κ1) is 14.6. The molecule has 6 nitrogen and oxygen atoms in total. The van der Waals surface area contributed by atoms with Gasteiger partial charge >= 0.3 is 18.1 Å². The van der Waals surface area contributed by atoms with E-state index in [2.05, 4.69) is 14.9 Å². The first-order chi connectivity index (χ1) is 9.80. The van der Waals surface area contributed by atoms with Gasteiger partial charge in [-0.1, -0.05) is 12.1 Å². The summed E-state index contributed by atoms with van der Waals surface area (Å²) in [7, 11) is 0. The third-order valence-corrected chi connectivity index (χ3v) is 2.47. The van der Waals surface area contributed by atoms with Gasteiger partial charge in [0, 0.05) is 0 Å². The average Bonchev–Trinajstić information content (AvgIpc) is 2.87. The number of carbonyl (C=O) groups excluding carboxylic acids is 1. The summed E-state index contributed by atoms with van der Waals surface area (Å²) in [4.78, 5) is 22.6. The van der Waals surface area contributed by atoms with E-state index >= 15 is 0 Å². The molecule has 1 aromatic carbocycles. The predicted octanol–water partition coefficient (Wildman–Crippen LogP) is 2.35. The van der Waals surface area contributed by atoms with Crippen LogP contribution in [-0.2, 0) is 6.18 Å². The topological polar surface area (TPSA) is 92.3 Å². The quantitative estimate of drug-likeness (QED) is 0.670. The van der Waals surface area contributed by atoms with Gasteiger partial charge in [0.15, 0.2) is 5.69 Å². The zero-order valence-electron chi connectivity index (χ0n) is 10.1. The third-order valence-electron chi connectivity index (χ3n) is 2.47. The molecular formula is C12H7F3N2O4. The lowest BCUT2D eigenvalue weighted by Crippen LogP contribution is -2.16. The monoisotopic (exact) mass is 300 g/mol. The number of ether oxygens (including phenoxy) is 1. The third kappa shape index (κ3) is 3.02. The summed E-state index contributed by atoms with van der Waals surface area (Å²) >= 11 is 0. The molecule has 2 rings (SSSR count). The first-order valence-electron chi connectivity index (χ1n) is 5.45. The highest BCUT2D eigenvalue weighted by Crippen LogP contribution is 2.36. The van der Waals surface area contributed by atoms with Gasteiger partial charge in [-0.3, -0.25) is 5.10 Å². The number of nitrogens with one attached hydrogen (secondary N) is 1. The lowest BCUT2D eigenvalue weighted by atomic mass is 10.2. The van der Waals surface area contributed by atoms with Crippen LogP contribution in [0.3, 0.4) is 0 Å². The van der Waals surface area contributed by atoms with E-state index in [0.29, 0.717) is 0 Å². The van der Waals surface area contributed by atoms with Crippen LogP contribution < -0.4 is 4.74 Å². The number of rotatable bonds is 3. The number of hydrogen-bond acceptors (Lipinski definition) is 4. The van der Waals surface area contributed by atoms with Gasteiger partial charge in [0.25, 0.3) is 0 Å². The molecule has 0 saturated heterocycles. The van der Waals surface area contributed by atoms with Crippen molar-refractivity contribution in [2.45, 2.75) is 6.18 Å². The molecule has 9 heteroatoms. The Morgan fingerprint density at radius 1 is 1.24 bits per heavy atom. The van der Waals surface area contributed by atoms with Crippen LogP contribution >= 0.6 is 0 Å². The molecule has 0 amide bonds. The number of para-hydroxylation sites is 1. The number of carbonyl (C=O) groups is 2. The van der Waals surface area contributed by atoms with E-state index < -0.39 is 40.7 Å². The molecule has 0 aliphatic heterocycles. The van der Waals surface area contributed by atoms with Crippen molar-refractivity contribution in [2.24, 2.45) is 0 Å². The van der Waals surface area contributed by atoms with Gasteiger partial charge in [0.2, 0.25) is 0 Å². The molecule has 0 fully saturated rings. The van der Waals surface area contributed by atoms with E-state index in [1.54, 1.807) is 0 Å². The van der Waals surface area contributed by atoms with Crippen LogP contribution in [0.4, 0.5) is 13.2 Å². The lowest BCUT2D eigenvalue weighted by molar-refractivity contribution is -0.138. The van der Waals surface area contributed by atoms with Crippen LogP contribution in [0, 0.1) is 0 Å². The number of carboxylic acids is 1. The van der Waals surface area contributed by atoms with Gasteiger partial charge in [-0.2, -0.15) is 18.3 Å². The number of alkyl halides is 3. The SMILES string of the molecule is O=C(O)c1cn[nH]c1C(=O)Oc1ccccc1C(F)(F)F. The molecule has 0 aliphatic rings. The molecule has 0 spiro atoms. The highest BCUT2D eigenvalue weighted by atomic mass is 19.4. The van der Waals surface area contributed by atoms with E-state index in [0.717, 1.165) is 24.4 Å². The number of nitrogens with zero attached hydrogens (tertiary/aromatic N) is 1. The van der Waals surface area contributed by atoms with Crippen LogP contribution in [0.5, 0.6) is 5.75 Å². The first-order valence-corrected chi connectivity index (χ1v) is 5.45. The average molecular weight is 300 g/mol. The fraction of sp³-hybridized carbons (Fsp3) is 0.0833. The maximum Gasteiger partial charge on any atom is 0.419 e. The van der Waals surface area contributed by atoms with E-state index in [-0.39, 0.29) is 0 Å². The molecule has 0 saturated carbocycles. The van der Waals surface area contributed by atoms with Crippen molar-refractivity contribution in [3.8, 4) is 5.75 Å². The van der Waals surface area contributed by atoms with Crippen molar-refractivity contribution in [1.82, 2.24) is 10.2 Å². The summed E-state index contributed by atoms with van der Waals surface area (Å²) in [5.74, 6) is -3.46. The minimum atomic E-state index is -4.71. The Labute approximate surface area is 115 Å². The maximum atomic E-state index is 12.7. The standard InChI is InChI=1S/C12H7F3N2O4/c13-12(14,15)7-3-1-2-4-8(7)21-11(20)9-6(10(18)19)5-16-17-9/h1-5H,(H,16,17)(H,18,19). The Balaban J connectivity index is 2.33. The Kier molecular flexibility index (Phi) is 3.66. The van der Waals surface area contributed by atoms with Crippen LogP contribution in [0.25, 0.3) is 0 Å². The van der Waals surface area contributed by atoms with Gasteiger partial charge < -0.3 is 9.84 Å². The molecular weight excluding hydrogens is 293 g/mol. The number of H-pyrrole nitrogens is 1. The number of carboxylic acid groups (broad SMARTS) is 1. The number of aromatic carboxylic acids is 1. The van der Waals surface area contributed by atoms with Crippen molar-refractivity contribution in [3.63, 3.8) is 0 Å². The van der Waals surface area contributed by atoms with E-state index in [9.17, 15) is 22.8 Å². The summed E-state index contributed by atoms with van der Waals surface area (Å²) < 4.78 is 42.8. The molecule has 0 bridgehead atoms. The largest absolute Gasteiger partial charge is 0.478 e. The fourth-order valence-electron chi connectivity index (χ4n) is 1.54. The van der Waals surface area contributed by atoms with Gasteiger partial charge in [-0.25, -0.2) is 9.59 Å². The zero-order chi connectivity index (χ0) is 15.6. The molecule has 2 N–H and O–H groups in total. The Hall–Kier alpha value is -2.84. The van der Waals surface area contributed by atoms with E-state index in [1.165, 1.54) is 6.07 Å². The lowest BCUT2D eigenvalue weighted by Gasteiger charge is -2.12. The normalized spacial score (nSPS) is 11.2. The molecule has 1 aromatic heterocycles. The Bertz CT molecular complexity index is 694.